The molecule has 1 aromatic heterocycles. The van der Waals surface area contributed by atoms with Crippen molar-refractivity contribution in [3.63, 3.8) is 0 Å². The lowest BCUT2D eigenvalue weighted by atomic mass is 9.86. The lowest BCUT2D eigenvalue weighted by Gasteiger charge is -2.44. The summed E-state index contributed by atoms with van der Waals surface area (Å²) in [4.78, 5) is 24.3. The van der Waals surface area contributed by atoms with Crippen LogP contribution in [0.3, 0.4) is 0 Å². The summed E-state index contributed by atoms with van der Waals surface area (Å²) in [5.74, 6) is 0.576. The molecule has 10 nitrogen and oxygen atoms in total. The third-order valence-corrected chi connectivity index (χ3v) is 10.6. The second-order valence-corrected chi connectivity index (χ2v) is 15.5. The first-order valence-corrected chi connectivity index (χ1v) is 17.2. The molecule has 2 aliphatic heterocycles. The first-order chi connectivity index (χ1) is 19.7. The predicted octanol–water partition coefficient (Wildman–Crippen LogP) is 4.09. The normalized spacial score (nSPS) is 21.7. The molecular weight excluding hydrogens is 538 g/mol. The molecule has 0 saturated heterocycles. The molecular formula is C30H39N5O5Si. The lowest BCUT2D eigenvalue weighted by molar-refractivity contribution is -0.118. The number of anilines is 1. The Labute approximate surface area is 241 Å². The first kappa shape index (κ1) is 29.1. The average molecular weight is 578 g/mol. The van der Waals surface area contributed by atoms with Crippen LogP contribution in [0.25, 0.3) is 0 Å². The van der Waals surface area contributed by atoms with Crippen molar-refractivity contribution in [3.05, 3.63) is 71.5 Å². The van der Waals surface area contributed by atoms with Gasteiger partial charge in [0.1, 0.15) is 11.9 Å². The van der Waals surface area contributed by atoms with Crippen LogP contribution in [0.5, 0.6) is 5.75 Å². The fourth-order valence-corrected chi connectivity index (χ4v) is 7.97. The summed E-state index contributed by atoms with van der Waals surface area (Å²) < 4.78 is 14.4. The quantitative estimate of drug-likeness (QED) is 0.348. The van der Waals surface area contributed by atoms with Gasteiger partial charge in [-0.1, -0.05) is 42.5 Å². The SMILES string of the molecule is CO[C@@H]1c2cc(N3N=C(c4ccccc4)CCC3=O)ccc2O[C@H](C(CCn2cc(CCO)nn2)[Si](C)(C)O)[C@H]1C. The number of methoxy groups -OCH3 is 1. The fourth-order valence-electron chi connectivity index (χ4n) is 5.96. The summed E-state index contributed by atoms with van der Waals surface area (Å²) in [6.45, 7) is 6.58. The number of carbonyl (C=O) groups is 1. The Morgan fingerprint density at radius 3 is 2.66 bits per heavy atom. The molecule has 0 saturated carbocycles. The van der Waals surface area contributed by atoms with E-state index >= 15 is 0 Å². The van der Waals surface area contributed by atoms with Crippen molar-refractivity contribution in [1.82, 2.24) is 15.0 Å². The Kier molecular flexibility index (Phi) is 8.69. The van der Waals surface area contributed by atoms with Crippen LogP contribution >= 0.6 is 0 Å². The van der Waals surface area contributed by atoms with Gasteiger partial charge in [-0.15, -0.1) is 5.10 Å². The summed E-state index contributed by atoms with van der Waals surface area (Å²) in [6, 6.07) is 15.6. The Bertz CT molecular complexity index is 1390. The van der Waals surface area contributed by atoms with Crippen LogP contribution in [0.2, 0.25) is 18.6 Å². The van der Waals surface area contributed by atoms with E-state index in [4.69, 9.17) is 14.6 Å². The number of rotatable bonds is 10. The van der Waals surface area contributed by atoms with E-state index in [-0.39, 0.29) is 36.2 Å². The van der Waals surface area contributed by atoms with Crippen molar-refractivity contribution in [2.45, 2.75) is 70.0 Å². The van der Waals surface area contributed by atoms with Gasteiger partial charge in [0.15, 0.2) is 8.32 Å². The maximum absolute atomic E-state index is 12.9. The van der Waals surface area contributed by atoms with Crippen LogP contribution in [0.4, 0.5) is 5.69 Å². The molecule has 0 fully saturated rings. The predicted molar refractivity (Wildman–Crippen MR) is 158 cm³/mol. The summed E-state index contributed by atoms with van der Waals surface area (Å²) in [7, 11) is -0.994. The molecule has 1 amide bonds. The van der Waals surface area contributed by atoms with Crippen LogP contribution in [0.15, 0.2) is 59.8 Å². The molecule has 2 aromatic carbocycles. The maximum Gasteiger partial charge on any atom is 0.247 e. The van der Waals surface area contributed by atoms with Gasteiger partial charge >= 0.3 is 0 Å². The monoisotopic (exact) mass is 577 g/mol. The van der Waals surface area contributed by atoms with Gasteiger partial charge in [-0.25, -0.2) is 5.01 Å². The Hall–Kier alpha value is -3.38. The van der Waals surface area contributed by atoms with E-state index in [9.17, 15) is 14.7 Å². The summed E-state index contributed by atoms with van der Waals surface area (Å²) in [5, 5.41) is 23.7. The smallest absolute Gasteiger partial charge is 0.247 e. The summed E-state index contributed by atoms with van der Waals surface area (Å²) in [6.07, 6.45) is 3.39. The van der Waals surface area contributed by atoms with Gasteiger partial charge in [0, 0.05) is 62.7 Å². The molecule has 3 heterocycles. The van der Waals surface area contributed by atoms with E-state index in [1.807, 2.05) is 67.8 Å². The number of aryl methyl sites for hydroxylation is 1. The van der Waals surface area contributed by atoms with Crippen LogP contribution in [-0.2, 0) is 22.5 Å². The molecule has 5 rings (SSSR count). The topological polar surface area (TPSA) is 122 Å². The zero-order chi connectivity index (χ0) is 29.1. The number of aliphatic hydroxyl groups excluding tert-OH is 1. The number of nitrogens with zero attached hydrogens (tertiary/aromatic N) is 5. The van der Waals surface area contributed by atoms with Gasteiger partial charge in [-0.3, -0.25) is 9.48 Å². The zero-order valence-corrected chi connectivity index (χ0v) is 25.1. The highest BCUT2D eigenvalue weighted by atomic mass is 28.4. The minimum absolute atomic E-state index is 0.0251. The highest BCUT2D eigenvalue weighted by molar-refractivity contribution is 6.71. The van der Waals surface area contributed by atoms with Crippen molar-refractivity contribution in [2.75, 3.05) is 18.7 Å². The Morgan fingerprint density at radius 1 is 1.17 bits per heavy atom. The number of aromatic nitrogens is 3. The van der Waals surface area contributed by atoms with Crippen LogP contribution < -0.4 is 9.75 Å². The maximum atomic E-state index is 12.9. The van der Waals surface area contributed by atoms with Crippen LogP contribution in [-0.4, -0.2) is 64.7 Å². The molecule has 1 unspecified atom stereocenters. The van der Waals surface area contributed by atoms with E-state index in [2.05, 4.69) is 17.2 Å². The Balaban J connectivity index is 1.41. The molecule has 0 spiro atoms. The van der Waals surface area contributed by atoms with Crippen LogP contribution in [0, 0.1) is 5.92 Å². The fraction of sp³-hybridized carbons (Fsp3) is 0.467. The van der Waals surface area contributed by atoms with Gasteiger partial charge in [0.25, 0.3) is 0 Å². The number of aliphatic hydroxyl groups is 1. The number of benzene rings is 2. The van der Waals surface area contributed by atoms with Gasteiger partial charge < -0.3 is 19.4 Å². The third kappa shape index (κ3) is 6.28. The van der Waals surface area contributed by atoms with Crippen molar-refractivity contribution < 1.29 is 24.2 Å². The average Bonchev–Trinajstić information content (AvgIpc) is 3.41. The van der Waals surface area contributed by atoms with Gasteiger partial charge in [-0.2, -0.15) is 5.10 Å². The van der Waals surface area contributed by atoms with Crippen molar-refractivity contribution in [2.24, 2.45) is 11.0 Å². The highest BCUT2D eigenvalue weighted by Crippen LogP contribution is 2.47. The number of hydrogen-bond acceptors (Lipinski definition) is 8. The minimum Gasteiger partial charge on any atom is -0.490 e. The number of hydrazone groups is 1. The van der Waals surface area contributed by atoms with Crippen molar-refractivity contribution >= 4 is 25.6 Å². The number of carbonyl (C=O) groups excluding carboxylic acids is 1. The highest BCUT2D eigenvalue weighted by Gasteiger charge is 2.46. The van der Waals surface area contributed by atoms with E-state index in [0.29, 0.717) is 43.7 Å². The zero-order valence-electron chi connectivity index (χ0n) is 24.1. The molecule has 2 aliphatic rings. The second kappa shape index (κ2) is 12.2. The van der Waals surface area contributed by atoms with E-state index < -0.39 is 8.32 Å². The molecule has 218 valence electrons. The molecule has 41 heavy (non-hydrogen) atoms. The molecule has 3 aromatic rings. The molecule has 2 N–H and O–H groups in total. The van der Waals surface area contributed by atoms with Gasteiger partial charge in [-0.05, 0) is 43.3 Å². The summed E-state index contributed by atoms with van der Waals surface area (Å²) >= 11 is 0. The molecule has 11 heteroatoms. The van der Waals surface area contributed by atoms with Crippen molar-refractivity contribution in [1.29, 1.82) is 0 Å². The third-order valence-electron chi connectivity index (χ3n) is 8.12. The van der Waals surface area contributed by atoms with Crippen molar-refractivity contribution in [3.8, 4) is 5.75 Å². The molecule has 0 bridgehead atoms. The minimum atomic E-state index is -2.68. The second-order valence-electron chi connectivity index (χ2n) is 11.4. The van der Waals surface area contributed by atoms with Gasteiger partial charge in [0.2, 0.25) is 5.91 Å². The molecule has 4 atom stereocenters. The van der Waals surface area contributed by atoms with E-state index in [1.54, 1.807) is 11.8 Å². The molecule has 0 aliphatic carbocycles. The largest absolute Gasteiger partial charge is 0.490 e. The number of ether oxygens (including phenoxy) is 2. The number of amides is 1. The van der Waals surface area contributed by atoms with Crippen LogP contribution in [0.1, 0.15) is 49.1 Å². The standard InChI is InChI=1S/C30H39N5O5Si/c1-20-29(39-2)24-18-23(35-28(37)13-11-25(32-35)21-8-6-5-7-9-21)10-12-26(24)40-30(20)27(41(3,4)38)14-16-34-19-22(15-17-36)31-33-34/h5-10,12,18-20,27,29-30,36,38H,11,13-17H2,1-4H3/t20-,27?,29-,30-/m0/s1. The van der Waals surface area contributed by atoms with E-state index in [0.717, 1.165) is 22.5 Å². The Morgan fingerprint density at radius 2 is 1.95 bits per heavy atom. The summed E-state index contributed by atoms with van der Waals surface area (Å²) in [5.41, 5.74) is 4.07. The number of fused-ring (bicyclic) bond motifs is 1. The number of hydrogen-bond donors (Lipinski definition) is 2. The van der Waals surface area contributed by atoms with E-state index in [1.165, 1.54) is 5.01 Å². The lowest BCUT2D eigenvalue weighted by Crippen LogP contribution is -2.48. The molecule has 0 radical (unpaired) electrons. The van der Waals surface area contributed by atoms with Gasteiger partial charge in [0.05, 0.1) is 23.2 Å². The first-order valence-electron chi connectivity index (χ1n) is 14.2.